The van der Waals surface area contributed by atoms with E-state index in [9.17, 15) is 0 Å². The highest BCUT2D eigenvalue weighted by molar-refractivity contribution is 5.43. The molecule has 2 N–H and O–H groups in total. The molecule has 0 aromatic carbocycles. The van der Waals surface area contributed by atoms with Gasteiger partial charge in [-0.15, -0.1) is 0 Å². The van der Waals surface area contributed by atoms with Crippen LogP contribution in [0.3, 0.4) is 0 Å². The molecule has 84 valence electrons. The van der Waals surface area contributed by atoms with Crippen LogP contribution in [0.15, 0.2) is 12.3 Å². The van der Waals surface area contributed by atoms with E-state index in [1.54, 1.807) is 6.20 Å². The van der Waals surface area contributed by atoms with Crippen molar-refractivity contribution in [3.8, 4) is 0 Å². The zero-order chi connectivity index (χ0) is 11.4. The molecule has 15 heavy (non-hydrogen) atoms. The van der Waals surface area contributed by atoms with E-state index in [-0.39, 0.29) is 6.04 Å². The minimum atomic E-state index is 0.273. The van der Waals surface area contributed by atoms with Gasteiger partial charge >= 0.3 is 0 Å². The molecule has 0 saturated heterocycles. The molecule has 1 unspecified atom stereocenters. The van der Waals surface area contributed by atoms with Gasteiger partial charge in [-0.05, 0) is 13.0 Å². The molecule has 5 heteroatoms. The average Bonchev–Trinajstić information content (AvgIpc) is 2.27. The van der Waals surface area contributed by atoms with Gasteiger partial charge in [0, 0.05) is 39.9 Å². The molecule has 1 heterocycles. The van der Waals surface area contributed by atoms with Crippen molar-refractivity contribution < 1.29 is 0 Å². The lowest BCUT2D eigenvalue weighted by atomic mass is 10.3. The summed E-state index contributed by atoms with van der Waals surface area (Å²) in [5, 5.41) is 0. The summed E-state index contributed by atoms with van der Waals surface area (Å²) in [6.45, 7) is 2.68. The molecular formula is C10H19N5. The summed E-state index contributed by atoms with van der Waals surface area (Å²) in [6.07, 6.45) is 1.76. The third-order valence-corrected chi connectivity index (χ3v) is 2.39. The number of nitrogens with zero attached hydrogens (tertiary/aromatic N) is 4. The van der Waals surface area contributed by atoms with Gasteiger partial charge in [-0.3, -0.25) is 0 Å². The van der Waals surface area contributed by atoms with Crippen molar-refractivity contribution in [2.75, 3.05) is 37.5 Å². The van der Waals surface area contributed by atoms with Gasteiger partial charge in [0.15, 0.2) is 0 Å². The third-order valence-electron chi connectivity index (χ3n) is 2.39. The molecule has 0 bridgehead atoms. The van der Waals surface area contributed by atoms with Gasteiger partial charge in [-0.2, -0.15) is 4.98 Å². The highest BCUT2D eigenvalue weighted by Gasteiger charge is 2.10. The molecule has 0 spiro atoms. The molecule has 1 aromatic heterocycles. The second-order valence-electron chi connectivity index (χ2n) is 3.80. The monoisotopic (exact) mass is 209 g/mol. The molecule has 0 aliphatic carbocycles. The number of nitrogens with two attached hydrogens (primary N) is 1. The van der Waals surface area contributed by atoms with Crippen LogP contribution in [0.1, 0.15) is 6.92 Å². The van der Waals surface area contributed by atoms with Crippen LogP contribution in [0.5, 0.6) is 0 Å². The smallest absolute Gasteiger partial charge is 0.226 e. The molecule has 0 fully saturated rings. The lowest BCUT2D eigenvalue weighted by Gasteiger charge is -2.25. The van der Waals surface area contributed by atoms with E-state index < -0.39 is 0 Å². The van der Waals surface area contributed by atoms with Crippen molar-refractivity contribution in [3.63, 3.8) is 0 Å². The maximum absolute atomic E-state index is 5.61. The SMILES string of the molecule is CC(CN)N(C)c1ccnc(N(C)C)n1. The number of hydrogen-bond donors (Lipinski definition) is 1. The first-order valence-electron chi connectivity index (χ1n) is 4.99. The molecule has 0 saturated carbocycles. The van der Waals surface area contributed by atoms with Gasteiger partial charge < -0.3 is 15.5 Å². The molecule has 5 nitrogen and oxygen atoms in total. The summed E-state index contributed by atoms with van der Waals surface area (Å²) in [5.41, 5.74) is 5.61. The summed E-state index contributed by atoms with van der Waals surface area (Å²) in [6, 6.07) is 2.16. The van der Waals surface area contributed by atoms with Crippen molar-refractivity contribution in [2.24, 2.45) is 5.73 Å². The van der Waals surface area contributed by atoms with Crippen LogP contribution in [0.25, 0.3) is 0 Å². The summed E-state index contributed by atoms with van der Waals surface area (Å²) in [5.74, 6) is 1.61. The van der Waals surface area contributed by atoms with Crippen LogP contribution in [-0.4, -0.2) is 43.7 Å². The van der Waals surface area contributed by atoms with Crippen LogP contribution < -0.4 is 15.5 Å². The second-order valence-corrected chi connectivity index (χ2v) is 3.80. The summed E-state index contributed by atoms with van der Waals surface area (Å²) in [7, 11) is 5.83. The Morgan fingerprint density at radius 2 is 2.07 bits per heavy atom. The number of aromatic nitrogens is 2. The van der Waals surface area contributed by atoms with Gasteiger partial charge in [0.25, 0.3) is 0 Å². The Balaban J connectivity index is 2.90. The molecule has 0 aliphatic rings. The lowest BCUT2D eigenvalue weighted by molar-refractivity contribution is 0.686. The number of rotatable bonds is 4. The fourth-order valence-corrected chi connectivity index (χ4v) is 1.14. The van der Waals surface area contributed by atoms with Crippen molar-refractivity contribution in [3.05, 3.63) is 12.3 Å². The van der Waals surface area contributed by atoms with Gasteiger partial charge in [-0.25, -0.2) is 4.98 Å². The Morgan fingerprint density at radius 3 is 2.60 bits per heavy atom. The van der Waals surface area contributed by atoms with Crippen LogP contribution in [0.4, 0.5) is 11.8 Å². The molecule has 1 rings (SSSR count). The minimum absolute atomic E-state index is 0.273. The first-order valence-corrected chi connectivity index (χ1v) is 4.99. The predicted octanol–water partition coefficient (Wildman–Crippen LogP) is 0.326. The number of likely N-dealkylation sites (N-methyl/N-ethyl adjacent to an activating group) is 1. The summed E-state index contributed by atoms with van der Waals surface area (Å²) in [4.78, 5) is 12.5. The van der Waals surface area contributed by atoms with Crippen molar-refractivity contribution in [1.82, 2.24) is 9.97 Å². The fraction of sp³-hybridized carbons (Fsp3) is 0.600. The third kappa shape index (κ3) is 2.79. The predicted molar refractivity (Wildman–Crippen MR) is 63.3 cm³/mol. The van der Waals surface area contributed by atoms with E-state index in [1.165, 1.54) is 0 Å². The Hall–Kier alpha value is -1.36. The highest BCUT2D eigenvalue weighted by atomic mass is 15.3. The fourth-order valence-electron chi connectivity index (χ4n) is 1.14. The average molecular weight is 209 g/mol. The van der Waals surface area contributed by atoms with Crippen molar-refractivity contribution in [1.29, 1.82) is 0 Å². The first kappa shape index (κ1) is 11.7. The van der Waals surface area contributed by atoms with Crippen molar-refractivity contribution >= 4 is 11.8 Å². The summed E-state index contributed by atoms with van der Waals surface area (Å²) < 4.78 is 0. The standard InChI is InChI=1S/C10H19N5/c1-8(7-11)15(4)9-5-6-12-10(13-9)14(2)3/h5-6,8H,7,11H2,1-4H3. The Labute approximate surface area is 90.9 Å². The van der Waals surface area contributed by atoms with Gasteiger partial charge in [0.2, 0.25) is 5.95 Å². The van der Waals surface area contributed by atoms with E-state index in [0.717, 1.165) is 5.82 Å². The molecule has 1 atom stereocenters. The maximum Gasteiger partial charge on any atom is 0.226 e. The van der Waals surface area contributed by atoms with Gasteiger partial charge in [-0.1, -0.05) is 0 Å². The molecule has 0 aliphatic heterocycles. The first-order chi connectivity index (χ1) is 7.06. The Morgan fingerprint density at radius 1 is 1.40 bits per heavy atom. The van der Waals surface area contributed by atoms with Gasteiger partial charge in [0.05, 0.1) is 0 Å². The van der Waals surface area contributed by atoms with Crippen LogP contribution in [0.2, 0.25) is 0 Å². The van der Waals surface area contributed by atoms with Crippen LogP contribution >= 0.6 is 0 Å². The lowest BCUT2D eigenvalue weighted by Crippen LogP contribution is -2.36. The van der Waals surface area contributed by atoms with Crippen LogP contribution in [-0.2, 0) is 0 Å². The quantitative estimate of drug-likeness (QED) is 0.774. The second kappa shape index (κ2) is 4.93. The normalized spacial score (nSPS) is 12.3. The summed E-state index contributed by atoms with van der Waals surface area (Å²) >= 11 is 0. The largest absolute Gasteiger partial charge is 0.356 e. The van der Waals surface area contributed by atoms with E-state index >= 15 is 0 Å². The molecule has 0 amide bonds. The van der Waals surface area contributed by atoms with Gasteiger partial charge in [0.1, 0.15) is 5.82 Å². The van der Waals surface area contributed by atoms with Crippen LogP contribution in [0, 0.1) is 0 Å². The molecule has 1 aromatic rings. The topological polar surface area (TPSA) is 58.3 Å². The number of hydrogen-bond acceptors (Lipinski definition) is 5. The highest BCUT2D eigenvalue weighted by Crippen LogP contribution is 2.13. The van der Waals surface area contributed by atoms with E-state index in [1.807, 2.05) is 32.1 Å². The van der Waals surface area contributed by atoms with E-state index in [4.69, 9.17) is 5.73 Å². The maximum atomic E-state index is 5.61. The zero-order valence-corrected chi connectivity index (χ0v) is 9.81. The Bertz CT molecular complexity index is 312. The molecule has 0 radical (unpaired) electrons. The van der Waals surface area contributed by atoms with Crippen molar-refractivity contribution in [2.45, 2.75) is 13.0 Å². The Kier molecular flexibility index (Phi) is 3.85. The van der Waals surface area contributed by atoms with E-state index in [0.29, 0.717) is 12.5 Å². The van der Waals surface area contributed by atoms with E-state index in [2.05, 4.69) is 21.8 Å². The zero-order valence-electron chi connectivity index (χ0n) is 9.81. The molecular weight excluding hydrogens is 190 g/mol. The number of anilines is 2. The minimum Gasteiger partial charge on any atom is -0.356 e.